The Kier molecular flexibility index (Phi) is 5.05. The zero-order chi connectivity index (χ0) is 11.3. The van der Waals surface area contributed by atoms with E-state index in [1.807, 2.05) is 26.2 Å². The Labute approximate surface area is 96.1 Å². The Morgan fingerprint density at radius 2 is 2.27 bits per heavy atom. The fraction of sp³-hybridized carbons (Fsp3) is 0.636. The molecule has 0 aliphatic rings. The Morgan fingerprint density at radius 3 is 2.80 bits per heavy atom. The Morgan fingerprint density at radius 1 is 1.53 bits per heavy atom. The van der Waals surface area contributed by atoms with Crippen LogP contribution in [0, 0.1) is 6.92 Å². The molecule has 15 heavy (non-hydrogen) atoms. The molecule has 0 aliphatic carbocycles. The van der Waals surface area contributed by atoms with Crippen molar-refractivity contribution in [3.63, 3.8) is 0 Å². The van der Waals surface area contributed by atoms with E-state index in [4.69, 9.17) is 0 Å². The van der Waals surface area contributed by atoms with Crippen LogP contribution < -0.4 is 5.32 Å². The molecule has 0 aliphatic heterocycles. The standard InChI is InChI=1S/C11H19N3S/c1-5-10(12-4)9(3)15-11-13-7-6-8(2)14-11/h6-7,9-10,12H,5H2,1-4H3. The second-order valence-electron chi connectivity index (χ2n) is 3.61. The quantitative estimate of drug-likeness (QED) is 0.616. The molecule has 0 bridgehead atoms. The summed E-state index contributed by atoms with van der Waals surface area (Å²) in [5, 5.41) is 4.67. The van der Waals surface area contributed by atoms with E-state index in [2.05, 4.69) is 29.1 Å². The van der Waals surface area contributed by atoms with Gasteiger partial charge in [0.25, 0.3) is 0 Å². The number of hydrogen-bond donors (Lipinski definition) is 1. The van der Waals surface area contributed by atoms with Crippen molar-refractivity contribution >= 4 is 11.8 Å². The maximum Gasteiger partial charge on any atom is 0.188 e. The smallest absolute Gasteiger partial charge is 0.188 e. The molecule has 0 saturated heterocycles. The van der Waals surface area contributed by atoms with Gasteiger partial charge in [-0.25, -0.2) is 9.97 Å². The van der Waals surface area contributed by atoms with Crippen molar-refractivity contribution in [2.24, 2.45) is 0 Å². The van der Waals surface area contributed by atoms with Crippen molar-refractivity contribution in [3.8, 4) is 0 Å². The van der Waals surface area contributed by atoms with Crippen molar-refractivity contribution in [2.75, 3.05) is 7.05 Å². The predicted molar refractivity (Wildman–Crippen MR) is 65.2 cm³/mol. The minimum Gasteiger partial charge on any atom is -0.316 e. The van der Waals surface area contributed by atoms with E-state index in [1.54, 1.807) is 11.8 Å². The first-order valence-electron chi connectivity index (χ1n) is 5.31. The third-order valence-corrected chi connectivity index (χ3v) is 3.55. The fourth-order valence-corrected chi connectivity index (χ4v) is 2.65. The molecule has 2 unspecified atom stereocenters. The van der Waals surface area contributed by atoms with Crippen LogP contribution in [0.1, 0.15) is 26.0 Å². The van der Waals surface area contributed by atoms with Crippen molar-refractivity contribution in [1.29, 1.82) is 0 Å². The third kappa shape index (κ3) is 3.80. The van der Waals surface area contributed by atoms with Gasteiger partial charge in [-0.15, -0.1) is 0 Å². The lowest BCUT2D eigenvalue weighted by molar-refractivity contribution is 0.540. The van der Waals surface area contributed by atoms with E-state index in [0.717, 1.165) is 17.3 Å². The Balaban J connectivity index is 2.61. The highest BCUT2D eigenvalue weighted by Crippen LogP contribution is 2.22. The fourth-order valence-electron chi connectivity index (χ4n) is 1.50. The van der Waals surface area contributed by atoms with Gasteiger partial charge in [0.1, 0.15) is 0 Å². The van der Waals surface area contributed by atoms with Gasteiger partial charge in [-0.1, -0.05) is 25.6 Å². The van der Waals surface area contributed by atoms with Crippen molar-refractivity contribution in [1.82, 2.24) is 15.3 Å². The average Bonchev–Trinajstić information content (AvgIpc) is 2.19. The highest BCUT2D eigenvalue weighted by molar-refractivity contribution is 7.99. The van der Waals surface area contributed by atoms with Crippen LogP contribution in [0.15, 0.2) is 17.4 Å². The number of aromatic nitrogens is 2. The van der Waals surface area contributed by atoms with Crippen molar-refractivity contribution in [2.45, 2.75) is 43.6 Å². The normalized spacial score (nSPS) is 14.9. The predicted octanol–water partition coefficient (Wildman–Crippen LogP) is 2.26. The van der Waals surface area contributed by atoms with Crippen LogP contribution in [0.2, 0.25) is 0 Å². The Bertz CT molecular complexity index is 300. The molecule has 0 radical (unpaired) electrons. The van der Waals surface area contributed by atoms with Gasteiger partial charge in [0.15, 0.2) is 5.16 Å². The molecule has 0 fully saturated rings. The van der Waals surface area contributed by atoms with Gasteiger partial charge in [0.05, 0.1) is 0 Å². The summed E-state index contributed by atoms with van der Waals surface area (Å²) in [6.45, 7) is 6.39. The lowest BCUT2D eigenvalue weighted by Gasteiger charge is -2.20. The molecular formula is C11H19N3S. The van der Waals surface area contributed by atoms with Crippen LogP contribution >= 0.6 is 11.8 Å². The van der Waals surface area contributed by atoms with Crippen LogP contribution in [-0.4, -0.2) is 28.3 Å². The lowest BCUT2D eigenvalue weighted by atomic mass is 10.2. The lowest BCUT2D eigenvalue weighted by Crippen LogP contribution is -2.33. The summed E-state index contributed by atoms with van der Waals surface area (Å²) in [5.41, 5.74) is 1.03. The molecular weight excluding hydrogens is 206 g/mol. The van der Waals surface area contributed by atoms with Gasteiger partial charge in [0, 0.05) is 23.2 Å². The molecule has 2 atom stereocenters. The molecule has 0 saturated carbocycles. The highest BCUT2D eigenvalue weighted by atomic mass is 32.2. The number of thioether (sulfide) groups is 1. The summed E-state index contributed by atoms with van der Waals surface area (Å²) in [6.07, 6.45) is 2.94. The summed E-state index contributed by atoms with van der Waals surface area (Å²) < 4.78 is 0. The number of aryl methyl sites for hydroxylation is 1. The minimum atomic E-state index is 0.488. The molecule has 0 spiro atoms. The SMILES string of the molecule is CCC(NC)C(C)Sc1nccc(C)n1. The van der Waals surface area contributed by atoms with E-state index in [-0.39, 0.29) is 0 Å². The summed E-state index contributed by atoms with van der Waals surface area (Å²) in [5.74, 6) is 0. The summed E-state index contributed by atoms with van der Waals surface area (Å²) >= 11 is 1.73. The van der Waals surface area contributed by atoms with Crippen molar-refractivity contribution < 1.29 is 0 Å². The Hall–Kier alpha value is -0.610. The third-order valence-electron chi connectivity index (χ3n) is 2.44. The maximum atomic E-state index is 4.39. The number of nitrogens with one attached hydrogen (secondary N) is 1. The van der Waals surface area contributed by atoms with Gasteiger partial charge in [-0.05, 0) is 26.5 Å². The second kappa shape index (κ2) is 6.08. The average molecular weight is 225 g/mol. The first-order valence-corrected chi connectivity index (χ1v) is 6.19. The molecule has 0 aromatic carbocycles. The first-order chi connectivity index (χ1) is 7.17. The zero-order valence-corrected chi connectivity index (χ0v) is 10.6. The molecule has 1 heterocycles. The van der Waals surface area contributed by atoms with E-state index in [0.29, 0.717) is 11.3 Å². The van der Waals surface area contributed by atoms with E-state index in [1.165, 1.54) is 0 Å². The highest BCUT2D eigenvalue weighted by Gasteiger charge is 2.15. The second-order valence-corrected chi connectivity index (χ2v) is 4.95. The van der Waals surface area contributed by atoms with Crippen LogP contribution in [0.3, 0.4) is 0 Å². The molecule has 1 N–H and O–H groups in total. The molecule has 1 rings (SSSR count). The molecule has 4 heteroatoms. The van der Waals surface area contributed by atoms with E-state index in [9.17, 15) is 0 Å². The maximum absolute atomic E-state index is 4.39. The number of rotatable bonds is 5. The molecule has 84 valence electrons. The van der Waals surface area contributed by atoms with Gasteiger partial charge in [-0.2, -0.15) is 0 Å². The topological polar surface area (TPSA) is 37.8 Å². The largest absolute Gasteiger partial charge is 0.316 e. The van der Waals surface area contributed by atoms with Crippen LogP contribution in [0.5, 0.6) is 0 Å². The van der Waals surface area contributed by atoms with Crippen LogP contribution in [0.25, 0.3) is 0 Å². The van der Waals surface area contributed by atoms with Crippen molar-refractivity contribution in [3.05, 3.63) is 18.0 Å². The van der Waals surface area contributed by atoms with E-state index < -0.39 is 0 Å². The summed E-state index contributed by atoms with van der Waals surface area (Å²) in [6, 6.07) is 2.43. The molecule has 3 nitrogen and oxygen atoms in total. The van der Waals surface area contributed by atoms with Crippen LogP contribution in [0.4, 0.5) is 0 Å². The summed E-state index contributed by atoms with van der Waals surface area (Å²) in [4.78, 5) is 8.64. The van der Waals surface area contributed by atoms with Crippen LogP contribution in [-0.2, 0) is 0 Å². The molecule has 1 aromatic rings. The summed E-state index contributed by atoms with van der Waals surface area (Å²) in [7, 11) is 2.00. The molecule has 1 aromatic heterocycles. The monoisotopic (exact) mass is 225 g/mol. The zero-order valence-electron chi connectivity index (χ0n) is 9.82. The van der Waals surface area contributed by atoms with Gasteiger partial charge in [0.2, 0.25) is 0 Å². The van der Waals surface area contributed by atoms with Gasteiger partial charge < -0.3 is 5.32 Å². The van der Waals surface area contributed by atoms with Gasteiger partial charge in [-0.3, -0.25) is 0 Å². The molecule has 0 amide bonds. The minimum absolute atomic E-state index is 0.488. The van der Waals surface area contributed by atoms with Gasteiger partial charge >= 0.3 is 0 Å². The number of nitrogens with zero attached hydrogens (tertiary/aromatic N) is 2. The first kappa shape index (κ1) is 12.5. The van der Waals surface area contributed by atoms with E-state index >= 15 is 0 Å². The number of hydrogen-bond acceptors (Lipinski definition) is 4.